The van der Waals surface area contributed by atoms with Crippen LogP contribution in [0, 0.1) is 11.8 Å². The van der Waals surface area contributed by atoms with Gasteiger partial charge in [-0.3, -0.25) is 19.3 Å². The average Bonchev–Trinajstić information content (AvgIpc) is 2.88. The number of alkyl halides is 3. The summed E-state index contributed by atoms with van der Waals surface area (Å²) in [5.74, 6) is -7.49. The Kier molecular flexibility index (Phi) is 8.63. The number of halogens is 3. The molecule has 0 saturated heterocycles. The number of allylic oxidation sites excluding steroid dienone is 1. The number of anilines is 1. The van der Waals surface area contributed by atoms with Gasteiger partial charge in [-0.25, -0.2) is 4.79 Å². The van der Waals surface area contributed by atoms with Gasteiger partial charge in [0.25, 0.3) is 5.91 Å². The predicted molar refractivity (Wildman–Crippen MR) is 156 cm³/mol. The van der Waals surface area contributed by atoms with E-state index in [1.54, 1.807) is 39.2 Å². The number of likely N-dealkylation sites (N-methyl/N-ethyl adjacent to an activating group) is 1. The number of aliphatic hydroxyl groups excluding tert-OH is 2. The van der Waals surface area contributed by atoms with E-state index in [0.29, 0.717) is 11.3 Å². The van der Waals surface area contributed by atoms with Crippen molar-refractivity contribution in [1.82, 2.24) is 10.2 Å². The largest absolute Gasteiger partial charge is 0.510 e. The summed E-state index contributed by atoms with van der Waals surface area (Å²) in [5, 5.41) is 47.7. The molecule has 0 aromatic heterocycles. The van der Waals surface area contributed by atoms with Crippen molar-refractivity contribution in [2.75, 3.05) is 39.7 Å². The topological polar surface area (TPSA) is 203 Å². The summed E-state index contributed by atoms with van der Waals surface area (Å²) in [5.41, 5.74) is 2.29. The molecule has 0 heterocycles. The second kappa shape index (κ2) is 11.4. The van der Waals surface area contributed by atoms with Crippen LogP contribution in [0.2, 0.25) is 0 Å². The van der Waals surface area contributed by atoms with Crippen molar-refractivity contribution in [3.05, 3.63) is 45.4 Å². The number of hydrogen-bond acceptors (Lipinski definition) is 11. The first-order valence-corrected chi connectivity index (χ1v) is 14.1. The zero-order valence-corrected chi connectivity index (χ0v) is 25.8. The van der Waals surface area contributed by atoms with E-state index < -0.39 is 80.3 Å². The maximum absolute atomic E-state index is 14.0. The standard InChI is InChI=1S/C27H31Cl3N4O9/c1-33(2)14-7-11(8-32-25(41)43-9-26(28,29)30)19(35)16-12(14)5-10-6-13-18(34(3)4)21(37)17(24(31)40)23(39)27(13,42)22(38)15(10)20(16)36/h7,10,13,18,35,37-38,42H,5-6,8-9H2,1-4H3,(H2,31,40)(H,32,41)/t10-,13-,18+,27+/m1/s1. The first-order valence-electron chi connectivity index (χ1n) is 13.0. The van der Waals surface area contributed by atoms with E-state index in [0.717, 1.165) is 0 Å². The van der Waals surface area contributed by atoms with Gasteiger partial charge in [0.1, 0.15) is 29.4 Å². The molecule has 1 aromatic rings. The fraction of sp³-hybridized carbons (Fsp3) is 0.481. The molecule has 13 nitrogen and oxygen atoms in total. The van der Waals surface area contributed by atoms with Crippen molar-refractivity contribution in [2.24, 2.45) is 17.6 Å². The van der Waals surface area contributed by atoms with Crippen LogP contribution in [0.4, 0.5) is 10.5 Å². The Balaban J connectivity index is 1.82. The van der Waals surface area contributed by atoms with Crippen molar-refractivity contribution in [3.63, 3.8) is 0 Å². The number of ketones is 2. The minimum absolute atomic E-state index is 0.0439. The van der Waals surface area contributed by atoms with E-state index in [1.165, 1.54) is 4.90 Å². The van der Waals surface area contributed by atoms with Crippen LogP contribution in [0.3, 0.4) is 0 Å². The molecule has 16 heteroatoms. The smallest absolute Gasteiger partial charge is 0.407 e. The van der Waals surface area contributed by atoms with Crippen LogP contribution in [-0.4, -0.2) is 99.1 Å². The molecular formula is C27H31Cl3N4O9. The molecule has 4 rings (SSSR count). The Morgan fingerprint density at radius 3 is 2.33 bits per heavy atom. The maximum Gasteiger partial charge on any atom is 0.407 e. The highest BCUT2D eigenvalue weighted by Gasteiger charge is 2.63. The van der Waals surface area contributed by atoms with Crippen LogP contribution in [0.5, 0.6) is 5.75 Å². The molecule has 43 heavy (non-hydrogen) atoms. The highest BCUT2D eigenvalue weighted by Crippen LogP contribution is 2.53. The minimum atomic E-state index is -2.75. The lowest BCUT2D eigenvalue weighted by Gasteiger charge is -2.50. The lowest BCUT2D eigenvalue weighted by Crippen LogP contribution is -2.63. The molecule has 4 atom stereocenters. The van der Waals surface area contributed by atoms with E-state index in [1.807, 2.05) is 0 Å². The van der Waals surface area contributed by atoms with Crippen molar-refractivity contribution < 1.29 is 44.3 Å². The molecule has 7 N–H and O–H groups in total. The van der Waals surface area contributed by atoms with Crippen molar-refractivity contribution in [3.8, 4) is 5.75 Å². The number of phenolic OH excluding ortho intramolecular Hbond substituents is 1. The lowest BCUT2D eigenvalue weighted by atomic mass is 9.58. The summed E-state index contributed by atoms with van der Waals surface area (Å²) in [6.45, 7) is -0.848. The number of rotatable bonds is 6. The second-order valence-corrected chi connectivity index (χ2v) is 13.7. The zero-order valence-electron chi connectivity index (χ0n) is 23.6. The molecule has 0 bridgehead atoms. The highest BCUT2D eigenvalue weighted by molar-refractivity contribution is 6.67. The number of phenols is 1. The summed E-state index contributed by atoms with van der Waals surface area (Å²) in [6.07, 6.45) is -0.901. The summed E-state index contributed by atoms with van der Waals surface area (Å²) in [6, 6.07) is 0.479. The maximum atomic E-state index is 14.0. The normalized spacial score (nSPS) is 25.3. The van der Waals surface area contributed by atoms with E-state index in [4.69, 9.17) is 45.3 Å². The Morgan fingerprint density at radius 2 is 1.79 bits per heavy atom. The number of aliphatic hydroxyl groups is 3. The number of primary amides is 1. The Morgan fingerprint density at radius 1 is 1.16 bits per heavy atom. The fourth-order valence-electron chi connectivity index (χ4n) is 6.25. The third-order valence-corrected chi connectivity index (χ3v) is 8.38. The Labute approximate surface area is 261 Å². The van der Waals surface area contributed by atoms with Gasteiger partial charge in [0.05, 0.1) is 11.6 Å². The number of carbonyl (C=O) groups excluding carboxylic acids is 4. The molecule has 1 aromatic carbocycles. The van der Waals surface area contributed by atoms with Crippen LogP contribution >= 0.6 is 34.8 Å². The number of aromatic hydroxyl groups is 1. The van der Waals surface area contributed by atoms with Gasteiger partial charge in [0.15, 0.2) is 11.4 Å². The summed E-state index contributed by atoms with van der Waals surface area (Å²) in [4.78, 5) is 54.9. The number of alkyl carbamates (subject to hydrolysis) is 1. The van der Waals surface area contributed by atoms with Gasteiger partial charge in [-0.05, 0) is 44.5 Å². The van der Waals surface area contributed by atoms with Gasteiger partial charge < -0.3 is 41.1 Å². The number of benzene rings is 1. The van der Waals surface area contributed by atoms with Gasteiger partial charge in [-0.15, -0.1) is 0 Å². The lowest BCUT2D eigenvalue weighted by molar-refractivity contribution is -0.148. The molecular weight excluding hydrogens is 631 g/mol. The van der Waals surface area contributed by atoms with Crippen molar-refractivity contribution in [1.29, 1.82) is 0 Å². The van der Waals surface area contributed by atoms with E-state index in [2.05, 4.69) is 5.32 Å². The van der Waals surface area contributed by atoms with E-state index in [-0.39, 0.29) is 36.1 Å². The zero-order chi connectivity index (χ0) is 32.3. The molecule has 0 aliphatic heterocycles. The molecule has 0 unspecified atom stereocenters. The number of fused-ring (bicyclic) bond motifs is 3. The van der Waals surface area contributed by atoms with Gasteiger partial charge in [-0.2, -0.15) is 0 Å². The van der Waals surface area contributed by atoms with Crippen molar-refractivity contribution in [2.45, 2.75) is 34.8 Å². The number of hydrogen-bond donors (Lipinski definition) is 6. The number of ether oxygens (including phenoxy) is 1. The molecule has 2 amide bonds. The fourth-order valence-corrected chi connectivity index (χ4v) is 6.42. The predicted octanol–water partition coefficient (Wildman–Crippen LogP) is 1.78. The summed E-state index contributed by atoms with van der Waals surface area (Å²) >= 11 is 16.8. The third-order valence-electron chi connectivity index (χ3n) is 8.05. The molecule has 234 valence electrons. The van der Waals surface area contributed by atoms with Crippen LogP contribution in [0.1, 0.15) is 27.9 Å². The SMILES string of the molecule is CN(C)c1cc(CNC(=O)OCC(Cl)(Cl)Cl)c(O)c2c1C[C@@H]1C[C@@H]3[C@H](N(C)C)C(O)=C(C(N)=O)C(=O)[C@@]3(O)C(O)=C1C2=O. The molecule has 0 saturated carbocycles. The van der Waals surface area contributed by atoms with E-state index in [9.17, 15) is 39.6 Å². The second-order valence-electron chi connectivity index (χ2n) is 11.2. The number of carbonyl (C=O) groups is 4. The number of Topliss-reactive ketones (excluding diaryl/α,β-unsaturated/α-hetero) is 2. The molecule has 3 aliphatic rings. The third kappa shape index (κ3) is 5.48. The molecule has 0 spiro atoms. The van der Waals surface area contributed by atoms with Crippen LogP contribution in [0.25, 0.3) is 0 Å². The molecule has 3 aliphatic carbocycles. The summed E-state index contributed by atoms with van der Waals surface area (Å²) < 4.78 is 2.99. The number of nitrogens with zero attached hydrogens (tertiary/aromatic N) is 2. The average molecular weight is 662 g/mol. The number of amides is 2. The first kappa shape index (κ1) is 32.7. The molecule has 0 radical (unpaired) electrons. The van der Waals surface area contributed by atoms with Gasteiger partial charge in [0.2, 0.25) is 9.58 Å². The van der Waals surface area contributed by atoms with Gasteiger partial charge in [0, 0.05) is 43.4 Å². The first-order chi connectivity index (χ1) is 19.8. The number of nitrogens with two attached hydrogens (primary N) is 1. The molecule has 0 fully saturated rings. The van der Waals surface area contributed by atoms with Crippen LogP contribution in [0.15, 0.2) is 28.7 Å². The van der Waals surface area contributed by atoms with Crippen LogP contribution < -0.4 is 16.0 Å². The Bertz CT molecular complexity index is 1480. The number of nitrogens with one attached hydrogen (secondary N) is 1. The van der Waals surface area contributed by atoms with Gasteiger partial charge in [-0.1, -0.05) is 34.8 Å². The van der Waals surface area contributed by atoms with Gasteiger partial charge >= 0.3 is 6.09 Å². The quantitative estimate of drug-likeness (QED) is 0.192. The minimum Gasteiger partial charge on any atom is -0.510 e. The van der Waals surface area contributed by atoms with Crippen LogP contribution in [-0.2, 0) is 27.3 Å². The van der Waals surface area contributed by atoms with E-state index >= 15 is 0 Å². The highest BCUT2D eigenvalue weighted by atomic mass is 35.6. The monoisotopic (exact) mass is 660 g/mol. The van der Waals surface area contributed by atoms with Crippen molar-refractivity contribution >= 4 is 64.1 Å². The Hall–Kier alpha value is -3.23. The summed E-state index contributed by atoms with van der Waals surface area (Å²) in [7, 11) is 6.53.